The molecule has 0 saturated carbocycles. The van der Waals surface area contributed by atoms with E-state index >= 15 is 0 Å². The molecular weight excluding hydrogens is 487 g/mol. The first-order valence-corrected chi connectivity index (χ1v) is 11.7. The number of aryl methyl sites for hydroxylation is 1. The van der Waals surface area contributed by atoms with Crippen molar-refractivity contribution < 1.29 is 36.0 Å². The Balaban J connectivity index is 2.17. The van der Waals surface area contributed by atoms with E-state index in [2.05, 4.69) is 5.32 Å². The maximum Gasteiger partial charge on any atom is 0.421 e. The number of amides is 2. The van der Waals surface area contributed by atoms with Crippen LogP contribution in [0.4, 0.5) is 24.5 Å². The van der Waals surface area contributed by atoms with Crippen LogP contribution in [0.1, 0.15) is 26.3 Å². The highest BCUT2D eigenvalue weighted by molar-refractivity contribution is 7.89. The summed E-state index contributed by atoms with van der Waals surface area (Å²) in [6, 6.07) is 10.2. The van der Waals surface area contributed by atoms with Gasteiger partial charge in [0, 0.05) is 24.0 Å². The Bertz CT molecular complexity index is 1330. The lowest BCUT2D eigenvalue weighted by Crippen LogP contribution is -2.66. The van der Waals surface area contributed by atoms with Gasteiger partial charge in [0.2, 0.25) is 21.5 Å². The third-order valence-corrected chi connectivity index (χ3v) is 6.91. The molecule has 0 aromatic heterocycles. The fourth-order valence-corrected chi connectivity index (χ4v) is 5.25. The van der Waals surface area contributed by atoms with Gasteiger partial charge in [0.05, 0.1) is 10.5 Å². The second kappa shape index (κ2) is 8.93. The van der Waals surface area contributed by atoms with Gasteiger partial charge in [-0.1, -0.05) is 17.7 Å². The Labute approximate surface area is 199 Å². The molecule has 2 N–H and O–H groups in total. The minimum absolute atomic E-state index is 0.0434. The number of sulfonamides is 1. The van der Waals surface area contributed by atoms with E-state index in [-0.39, 0.29) is 17.1 Å². The number of carbonyl (C=O) groups excluding carboxylic acids is 3. The van der Waals surface area contributed by atoms with Crippen molar-refractivity contribution in [3.05, 3.63) is 65.4 Å². The van der Waals surface area contributed by atoms with Gasteiger partial charge in [-0.25, -0.2) is 8.42 Å². The summed E-state index contributed by atoms with van der Waals surface area (Å²) in [4.78, 5) is 37.1. The number of nitrogens with one attached hydrogen (secondary N) is 2. The molecule has 0 fully saturated rings. The zero-order valence-corrected chi connectivity index (χ0v) is 20.0. The second-order valence-corrected chi connectivity index (χ2v) is 9.73. The molecule has 3 rings (SSSR count). The van der Waals surface area contributed by atoms with Crippen molar-refractivity contribution in [3.63, 3.8) is 0 Å². The maximum absolute atomic E-state index is 14.6. The molecule has 1 heterocycles. The van der Waals surface area contributed by atoms with Crippen molar-refractivity contribution in [1.29, 1.82) is 0 Å². The Morgan fingerprint density at radius 2 is 1.49 bits per heavy atom. The lowest BCUT2D eigenvalue weighted by atomic mass is 9.88. The van der Waals surface area contributed by atoms with Crippen molar-refractivity contribution in [3.8, 4) is 0 Å². The molecule has 8 nitrogen and oxygen atoms in total. The highest BCUT2D eigenvalue weighted by atomic mass is 32.2. The predicted octanol–water partition coefficient (Wildman–Crippen LogP) is 3.44. The number of rotatable bonds is 6. The molecule has 1 atom stereocenters. The number of Topliss-reactive ketones (excluding diaryl/α,β-unsaturated/α-hetero) is 1. The molecule has 35 heavy (non-hydrogen) atoms. The topological polar surface area (TPSA) is 113 Å². The molecule has 0 spiro atoms. The number of allylic oxidation sites excluding steroid dienone is 1. The third-order valence-electron chi connectivity index (χ3n) is 5.44. The van der Waals surface area contributed by atoms with Gasteiger partial charge in [0.25, 0.3) is 5.91 Å². The Kier molecular flexibility index (Phi) is 6.66. The first-order chi connectivity index (χ1) is 16.1. The monoisotopic (exact) mass is 509 g/mol. The van der Waals surface area contributed by atoms with E-state index in [9.17, 15) is 36.0 Å². The fraction of sp³-hybridized carbons (Fsp3) is 0.261. The molecule has 0 saturated heterocycles. The van der Waals surface area contributed by atoms with Crippen LogP contribution in [0, 0.1) is 6.92 Å². The molecule has 0 unspecified atom stereocenters. The number of alkyl halides is 3. The number of anilines is 2. The van der Waals surface area contributed by atoms with E-state index in [4.69, 9.17) is 0 Å². The smallest absolute Gasteiger partial charge is 0.326 e. The standard InChI is InChI=1S/C23H22F3N3O5S/c1-13-5-9-18(10-6-13)29-14(2)20(15(3)30)22(21(29)32,23(24,25)26)28-35(33,34)19-11-7-17(8-12-19)27-16(4)31/h5-12,28H,1-4H3,(H,27,31)/t22-/m1/s1. The van der Waals surface area contributed by atoms with Crippen LogP contribution < -0.4 is 14.9 Å². The van der Waals surface area contributed by atoms with Crippen molar-refractivity contribution in [2.24, 2.45) is 0 Å². The Morgan fingerprint density at radius 3 is 1.94 bits per heavy atom. The minimum atomic E-state index is -5.50. The van der Waals surface area contributed by atoms with Crippen LogP contribution in [0.3, 0.4) is 0 Å². The zero-order valence-electron chi connectivity index (χ0n) is 19.1. The summed E-state index contributed by atoms with van der Waals surface area (Å²) in [5, 5.41) is 2.40. The van der Waals surface area contributed by atoms with Gasteiger partial charge in [0.1, 0.15) is 0 Å². The van der Waals surface area contributed by atoms with Gasteiger partial charge in [-0.2, -0.15) is 17.9 Å². The summed E-state index contributed by atoms with van der Waals surface area (Å²) in [5.74, 6) is -3.23. The maximum atomic E-state index is 14.6. The highest BCUT2D eigenvalue weighted by Crippen LogP contribution is 2.47. The van der Waals surface area contributed by atoms with Gasteiger partial charge in [0.15, 0.2) is 5.78 Å². The molecule has 0 bridgehead atoms. The first-order valence-electron chi connectivity index (χ1n) is 10.2. The minimum Gasteiger partial charge on any atom is -0.326 e. The van der Waals surface area contributed by atoms with Crippen molar-refractivity contribution in [2.45, 2.75) is 44.3 Å². The average molecular weight is 510 g/mol. The third kappa shape index (κ3) is 4.58. The summed E-state index contributed by atoms with van der Waals surface area (Å²) < 4.78 is 71.6. The highest BCUT2D eigenvalue weighted by Gasteiger charge is 2.70. The molecule has 0 radical (unpaired) electrons. The Morgan fingerprint density at radius 1 is 0.943 bits per heavy atom. The summed E-state index contributed by atoms with van der Waals surface area (Å²) in [6.07, 6.45) is -5.50. The van der Waals surface area contributed by atoms with Crippen LogP contribution in [-0.4, -0.2) is 37.7 Å². The summed E-state index contributed by atoms with van der Waals surface area (Å²) in [5.41, 5.74) is -4.17. The van der Waals surface area contributed by atoms with Crippen LogP contribution >= 0.6 is 0 Å². The average Bonchev–Trinajstić information content (AvgIpc) is 2.95. The number of ketones is 1. The lowest BCUT2D eigenvalue weighted by molar-refractivity contribution is -0.183. The molecule has 186 valence electrons. The van der Waals surface area contributed by atoms with E-state index in [0.29, 0.717) is 4.90 Å². The molecule has 1 aliphatic rings. The van der Waals surface area contributed by atoms with Gasteiger partial charge in [-0.3, -0.25) is 19.3 Å². The number of hydrogen-bond donors (Lipinski definition) is 2. The van der Waals surface area contributed by atoms with Crippen molar-refractivity contribution in [2.75, 3.05) is 10.2 Å². The molecular formula is C23H22F3N3O5S. The number of carbonyl (C=O) groups is 3. The molecule has 0 aliphatic carbocycles. The van der Waals surface area contributed by atoms with Gasteiger partial charge in [-0.05, 0) is 57.2 Å². The van der Waals surface area contributed by atoms with Gasteiger partial charge < -0.3 is 5.32 Å². The van der Waals surface area contributed by atoms with Crippen LogP contribution in [0.2, 0.25) is 0 Å². The van der Waals surface area contributed by atoms with Crippen LogP contribution in [0.15, 0.2) is 64.7 Å². The second-order valence-electron chi connectivity index (χ2n) is 8.05. The Hall–Kier alpha value is -3.51. The fourth-order valence-electron chi connectivity index (χ4n) is 3.93. The van der Waals surface area contributed by atoms with E-state index in [1.807, 2.05) is 0 Å². The molecule has 2 amide bonds. The zero-order chi connectivity index (χ0) is 26.3. The summed E-state index contributed by atoms with van der Waals surface area (Å²) >= 11 is 0. The number of nitrogens with zero attached hydrogens (tertiary/aromatic N) is 1. The van der Waals surface area contributed by atoms with Gasteiger partial charge >= 0.3 is 6.18 Å². The van der Waals surface area contributed by atoms with E-state index in [0.717, 1.165) is 31.5 Å². The van der Waals surface area contributed by atoms with Crippen LogP contribution in [0.25, 0.3) is 0 Å². The lowest BCUT2D eigenvalue weighted by Gasteiger charge is -2.33. The summed E-state index contributed by atoms with van der Waals surface area (Å²) in [6.45, 7) is 4.95. The largest absolute Gasteiger partial charge is 0.421 e. The number of halogens is 3. The SMILES string of the molecule is CC(=O)Nc1ccc(S(=O)(=O)N[C@@]2(C(F)(F)F)C(=O)N(c3ccc(C)cc3)C(C)=C2C(C)=O)cc1. The van der Waals surface area contributed by atoms with E-state index in [1.54, 1.807) is 19.1 Å². The first kappa shape index (κ1) is 26.1. The number of benzene rings is 2. The quantitative estimate of drug-likeness (QED) is 0.620. The summed E-state index contributed by atoms with van der Waals surface area (Å²) in [7, 11) is -4.98. The van der Waals surface area contributed by atoms with Crippen molar-refractivity contribution in [1.82, 2.24) is 4.72 Å². The number of hydrogen-bond acceptors (Lipinski definition) is 5. The van der Waals surface area contributed by atoms with E-state index in [1.165, 1.54) is 35.9 Å². The normalized spacial score (nSPS) is 18.7. The predicted molar refractivity (Wildman–Crippen MR) is 122 cm³/mol. The molecule has 12 heteroatoms. The van der Waals surface area contributed by atoms with Gasteiger partial charge in [-0.15, -0.1) is 0 Å². The molecule has 2 aromatic carbocycles. The van der Waals surface area contributed by atoms with Crippen LogP contribution in [0.5, 0.6) is 0 Å². The van der Waals surface area contributed by atoms with Crippen LogP contribution in [-0.2, 0) is 24.4 Å². The van der Waals surface area contributed by atoms with E-state index < -0.39 is 49.8 Å². The molecule has 1 aliphatic heterocycles. The van der Waals surface area contributed by atoms with Crippen molar-refractivity contribution >= 4 is 39.0 Å². The molecule has 2 aromatic rings.